The molecular weight excluding hydrogens is 360 g/mol. The Kier molecular flexibility index (Phi) is 6.00. The summed E-state index contributed by atoms with van der Waals surface area (Å²) in [6, 6.07) is 7.77. The van der Waals surface area contributed by atoms with Crippen molar-refractivity contribution in [2.24, 2.45) is 5.92 Å². The fourth-order valence-electron chi connectivity index (χ4n) is 3.53. The average molecular weight is 387 g/mol. The largest absolute Gasteiger partial charge is 0.347 e. The molecule has 1 saturated heterocycles. The van der Waals surface area contributed by atoms with Crippen LogP contribution in [0.5, 0.6) is 0 Å². The molecule has 5 nitrogen and oxygen atoms in total. The first-order valence-corrected chi connectivity index (χ1v) is 9.83. The highest BCUT2D eigenvalue weighted by molar-refractivity contribution is 6.30. The van der Waals surface area contributed by atoms with Crippen LogP contribution in [-0.4, -0.2) is 48.0 Å². The Morgan fingerprint density at radius 2 is 1.96 bits per heavy atom. The molecule has 2 heterocycles. The number of hydrogen-bond donors (Lipinski definition) is 0. The number of likely N-dealkylation sites (tertiary alicyclic amines) is 1. The molecule has 2 aromatic rings. The third-order valence-electron chi connectivity index (χ3n) is 4.97. The molecule has 144 valence electrons. The maximum atomic E-state index is 12.5. The van der Waals surface area contributed by atoms with Crippen molar-refractivity contribution in [3.8, 4) is 11.1 Å². The molecule has 1 aromatic heterocycles. The maximum Gasteiger partial charge on any atom is 0.225 e. The van der Waals surface area contributed by atoms with Crippen LogP contribution < -0.4 is 4.90 Å². The number of rotatable bonds is 4. The summed E-state index contributed by atoms with van der Waals surface area (Å²) >= 11 is 6.06. The standard InChI is InChI=1S/C21H27ClN4O/c1-14(2)20(27)26-11-5-6-16(13-26)19-18(12-23-21(24-19)25(3)4)15-7-9-17(22)10-8-15/h7-10,12,14,16H,5-6,11,13H2,1-4H3. The third kappa shape index (κ3) is 4.41. The van der Waals surface area contributed by atoms with E-state index in [1.165, 1.54) is 0 Å². The molecule has 1 aliphatic heterocycles. The van der Waals surface area contributed by atoms with Gasteiger partial charge in [-0.25, -0.2) is 9.97 Å². The van der Waals surface area contributed by atoms with E-state index in [9.17, 15) is 4.79 Å². The minimum Gasteiger partial charge on any atom is -0.347 e. The van der Waals surface area contributed by atoms with Crippen molar-refractivity contribution in [3.63, 3.8) is 0 Å². The van der Waals surface area contributed by atoms with E-state index < -0.39 is 0 Å². The lowest BCUT2D eigenvalue weighted by Crippen LogP contribution is -2.41. The molecule has 0 spiro atoms. The Labute approximate surface area is 166 Å². The van der Waals surface area contributed by atoms with Crippen LogP contribution in [0.25, 0.3) is 11.1 Å². The molecule has 1 amide bonds. The molecule has 1 fully saturated rings. The number of benzene rings is 1. The van der Waals surface area contributed by atoms with E-state index in [1.807, 2.05) is 68.2 Å². The summed E-state index contributed by atoms with van der Waals surface area (Å²) in [5.41, 5.74) is 3.07. The lowest BCUT2D eigenvalue weighted by Gasteiger charge is -2.34. The van der Waals surface area contributed by atoms with Gasteiger partial charge in [0.15, 0.2) is 0 Å². The highest BCUT2D eigenvalue weighted by atomic mass is 35.5. The van der Waals surface area contributed by atoms with Gasteiger partial charge >= 0.3 is 0 Å². The van der Waals surface area contributed by atoms with Gasteiger partial charge in [0.1, 0.15) is 0 Å². The number of anilines is 1. The van der Waals surface area contributed by atoms with Crippen LogP contribution in [0.2, 0.25) is 5.02 Å². The summed E-state index contributed by atoms with van der Waals surface area (Å²) in [5.74, 6) is 1.13. The number of halogens is 1. The van der Waals surface area contributed by atoms with Crippen molar-refractivity contribution in [2.75, 3.05) is 32.1 Å². The van der Waals surface area contributed by atoms with Gasteiger partial charge in [-0.1, -0.05) is 37.6 Å². The second-order valence-corrected chi connectivity index (χ2v) is 8.08. The second-order valence-electron chi connectivity index (χ2n) is 7.65. The van der Waals surface area contributed by atoms with Crippen molar-refractivity contribution >= 4 is 23.5 Å². The van der Waals surface area contributed by atoms with E-state index in [-0.39, 0.29) is 17.7 Å². The number of carbonyl (C=O) groups is 1. The Morgan fingerprint density at radius 3 is 2.59 bits per heavy atom. The third-order valence-corrected chi connectivity index (χ3v) is 5.23. The first-order chi connectivity index (χ1) is 12.9. The monoisotopic (exact) mass is 386 g/mol. The Hall–Kier alpha value is -2.14. The zero-order valence-corrected chi connectivity index (χ0v) is 17.2. The van der Waals surface area contributed by atoms with Gasteiger partial charge in [0.05, 0.1) is 5.69 Å². The SMILES string of the molecule is CC(C)C(=O)N1CCCC(c2nc(N(C)C)ncc2-c2ccc(Cl)cc2)C1. The fraction of sp³-hybridized carbons (Fsp3) is 0.476. The van der Waals surface area contributed by atoms with E-state index in [0.29, 0.717) is 17.5 Å². The summed E-state index contributed by atoms with van der Waals surface area (Å²) < 4.78 is 0. The molecule has 1 aromatic carbocycles. The van der Waals surface area contributed by atoms with Crippen LogP contribution in [-0.2, 0) is 4.79 Å². The zero-order chi connectivity index (χ0) is 19.6. The van der Waals surface area contributed by atoms with Crippen molar-refractivity contribution < 1.29 is 4.79 Å². The lowest BCUT2D eigenvalue weighted by atomic mass is 9.89. The Balaban J connectivity index is 1.99. The van der Waals surface area contributed by atoms with Gasteiger partial charge in [0, 0.05) is 55.8 Å². The Morgan fingerprint density at radius 1 is 1.26 bits per heavy atom. The minimum atomic E-state index is 0.0159. The number of nitrogens with zero attached hydrogens (tertiary/aromatic N) is 4. The highest BCUT2D eigenvalue weighted by Gasteiger charge is 2.29. The first kappa shape index (κ1) is 19.6. The van der Waals surface area contributed by atoms with Gasteiger partial charge < -0.3 is 9.80 Å². The van der Waals surface area contributed by atoms with Crippen LogP contribution >= 0.6 is 11.6 Å². The summed E-state index contributed by atoms with van der Waals surface area (Å²) in [7, 11) is 3.88. The molecule has 3 rings (SSSR count). The second kappa shape index (κ2) is 8.26. The summed E-state index contributed by atoms with van der Waals surface area (Å²) in [4.78, 5) is 25.8. The molecule has 27 heavy (non-hydrogen) atoms. The number of hydrogen-bond acceptors (Lipinski definition) is 4. The van der Waals surface area contributed by atoms with Gasteiger partial charge in [-0.15, -0.1) is 0 Å². The van der Waals surface area contributed by atoms with Crippen molar-refractivity contribution in [1.82, 2.24) is 14.9 Å². The Bertz CT molecular complexity index is 804. The summed E-state index contributed by atoms with van der Waals surface area (Å²) in [6.45, 7) is 5.46. The van der Waals surface area contributed by atoms with Gasteiger partial charge in [-0.05, 0) is 30.5 Å². The van der Waals surface area contributed by atoms with E-state index in [2.05, 4.69) is 4.98 Å². The normalized spacial score (nSPS) is 17.3. The van der Waals surface area contributed by atoms with Crippen LogP contribution in [0.1, 0.15) is 38.3 Å². The van der Waals surface area contributed by atoms with Gasteiger partial charge in [-0.2, -0.15) is 0 Å². The molecular formula is C21H27ClN4O. The van der Waals surface area contributed by atoms with Crippen LogP contribution in [0.15, 0.2) is 30.5 Å². The zero-order valence-electron chi connectivity index (χ0n) is 16.4. The van der Waals surface area contributed by atoms with Crippen LogP contribution in [0.4, 0.5) is 5.95 Å². The van der Waals surface area contributed by atoms with E-state index in [1.54, 1.807) is 0 Å². The first-order valence-electron chi connectivity index (χ1n) is 9.45. The van der Waals surface area contributed by atoms with E-state index in [4.69, 9.17) is 16.6 Å². The van der Waals surface area contributed by atoms with Crippen molar-refractivity contribution in [2.45, 2.75) is 32.6 Å². The topological polar surface area (TPSA) is 49.3 Å². The van der Waals surface area contributed by atoms with Gasteiger partial charge in [-0.3, -0.25) is 4.79 Å². The van der Waals surface area contributed by atoms with Gasteiger partial charge in [0.25, 0.3) is 0 Å². The van der Waals surface area contributed by atoms with Crippen molar-refractivity contribution in [3.05, 3.63) is 41.2 Å². The molecule has 0 N–H and O–H groups in total. The molecule has 0 saturated carbocycles. The molecule has 0 bridgehead atoms. The molecule has 1 unspecified atom stereocenters. The number of piperidine rings is 1. The molecule has 1 atom stereocenters. The fourth-order valence-corrected chi connectivity index (χ4v) is 3.66. The maximum absolute atomic E-state index is 12.5. The summed E-state index contributed by atoms with van der Waals surface area (Å²) in [6.07, 6.45) is 3.90. The van der Waals surface area contributed by atoms with Crippen molar-refractivity contribution in [1.29, 1.82) is 0 Å². The predicted octanol–water partition coefficient (Wildman–Crippen LogP) is 4.23. The average Bonchev–Trinajstić information content (AvgIpc) is 2.67. The van der Waals surface area contributed by atoms with Crippen LogP contribution in [0.3, 0.4) is 0 Å². The highest BCUT2D eigenvalue weighted by Crippen LogP contribution is 2.34. The van der Waals surface area contributed by atoms with Gasteiger partial charge in [0.2, 0.25) is 11.9 Å². The minimum absolute atomic E-state index is 0.0159. The number of carbonyl (C=O) groups excluding carboxylic acids is 1. The lowest BCUT2D eigenvalue weighted by molar-refractivity contribution is -0.135. The van der Waals surface area contributed by atoms with Crippen LogP contribution in [0, 0.1) is 5.92 Å². The van der Waals surface area contributed by atoms with E-state index in [0.717, 1.165) is 36.2 Å². The predicted molar refractivity (Wildman–Crippen MR) is 110 cm³/mol. The molecule has 0 aliphatic carbocycles. The molecule has 6 heteroatoms. The molecule has 0 radical (unpaired) electrons. The van der Waals surface area contributed by atoms with E-state index >= 15 is 0 Å². The number of aromatic nitrogens is 2. The quantitative estimate of drug-likeness (QED) is 0.789. The smallest absolute Gasteiger partial charge is 0.225 e. The number of amides is 1. The summed E-state index contributed by atoms with van der Waals surface area (Å²) in [5, 5.41) is 0.706. The molecule has 1 aliphatic rings.